The van der Waals surface area contributed by atoms with E-state index in [2.05, 4.69) is 63.9 Å². The molecule has 0 atom stereocenters. The molecule has 1 rings (SSSR count). The molecule has 1 nitrogen and oxygen atoms in total. The molecule has 0 aliphatic carbocycles. The molecule has 16 heavy (non-hydrogen) atoms. The van der Waals surface area contributed by atoms with Crippen molar-refractivity contribution in [1.29, 1.82) is 0 Å². The summed E-state index contributed by atoms with van der Waals surface area (Å²) in [6.07, 6.45) is 0. The quantitative estimate of drug-likeness (QED) is 0.726. The van der Waals surface area contributed by atoms with Crippen molar-refractivity contribution in [3.63, 3.8) is 0 Å². The highest BCUT2D eigenvalue weighted by Gasteiger charge is 2.03. The Morgan fingerprint density at radius 3 is 2.00 bits per heavy atom. The maximum atomic E-state index is 2.38. The minimum absolute atomic E-state index is 0.627. The van der Waals surface area contributed by atoms with Crippen molar-refractivity contribution in [2.45, 2.75) is 40.2 Å². The SMILES string of the molecule is CC(C)CN(C)Cc1ccc(C(C)C)cc1. The zero-order valence-electron chi connectivity index (χ0n) is 11.3. The van der Waals surface area contributed by atoms with Crippen LogP contribution in [0.4, 0.5) is 0 Å². The van der Waals surface area contributed by atoms with Crippen LogP contribution in [0.3, 0.4) is 0 Å². The highest BCUT2D eigenvalue weighted by atomic mass is 15.1. The average molecular weight is 219 g/mol. The molecule has 1 aromatic rings. The normalized spacial score (nSPS) is 11.8. The predicted molar refractivity (Wildman–Crippen MR) is 71.7 cm³/mol. The molecule has 0 heterocycles. The lowest BCUT2D eigenvalue weighted by atomic mass is 10.0. The molecular weight excluding hydrogens is 194 g/mol. The monoisotopic (exact) mass is 219 g/mol. The molecule has 90 valence electrons. The minimum atomic E-state index is 0.627. The van der Waals surface area contributed by atoms with Crippen molar-refractivity contribution in [2.75, 3.05) is 13.6 Å². The van der Waals surface area contributed by atoms with Crippen LogP contribution < -0.4 is 0 Å². The lowest BCUT2D eigenvalue weighted by Gasteiger charge is -2.19. The van der Waals surface area contributed by atoms with Gasteiger partial charge in [0.25, 0.3) is 0 Å². The molecule has 0 radical (unpaired) electrons. The third kappa shape index (κ3) is 4.36. The van der Waals surface area contributed by atoms with E-state index in [1.807, 2.05) is 0 Å². The fourth-order valence-electron chi connectivity index (χ4n) is 2.01. The molecule has 1 heteroatoms. The fourth-order valence-corrected chi connectivity index (χ4v) is 2.01. The Morgan fingerprint density at radius 2 is 1.56 bits per heavy atom. The van der Waals surface area contributed by atoms with E-state index in [0.717, 1.165) is 19.0 Å². The smallest absolute Gasteiger partial charge is 0.0230 e. The summed E-state index contributed by atoms with van der Waals surface area (Å²) in [6.45, 7) is 11.2. The van der Waals surface area contributed by atoms with Crippen molar-refractivity contribution in [2.24, 2.45) is 5.92 Å². The van der Waals surface area contributed by atoms with Gasteiger partial charge >= 0.3 is 0 Å². The van der Waals surface area contributed by atoms with Crippen molar-refractivity contribution in [3.8, 4) is 0 Å². The van der Waals surface area contributed by atoms with E-state index in [1.54, 1.807) is 0 Å². The topological polar surface area (TPSA) is 3.24 Å². The number of benzene rings is 1. The standard InChI is InChI=1S/C15H25N/c1-12(2)10-16(5)11-14-6-8-15(9-7-14)13(3)4/h6-9,12-13H,10-11H2,1-5H3. The first-order chi connectivity index (χ1) is 7.49. The summed E-state index contributed by atoms with van der Waals surface area (Å²) in [5, 5.41) is 0. The molecule has 0 aromatic heterocycles. The molecule has 0 unspecified atom stereocenters. The van der Waals surface area contributed by atoms with Crippen molar-refractivity contribution < 1.29 is 0 Å². The van der Waals surface area contributed by atoms with Crippen LogP contribution in [0.15, 0.2) is 24.3 Å². The second-order valence-corrected chi connectivity index (χ2v) is 5.49. The van der Waals surface area contributed by atoms with Gasteiger partial charge in [-0.15, -0.1) is 0 Å². The van der Waals surface area contributed by atoms with E-state index in [1.165, 1.54) is 11.1 Å². The van der Waals surface area contributed by atoms with E-state index in [9.17, 15) is 0 Å². The molecule has 0 saturated carbocycles. The summed E-state index contributed by atoms with van der Waals surface area (Å²) in [5.41, 5.74) is 2.84. The number of rotatable bonds is 5. The van der Waals surface area contributed by atoms with Gasteiger partial charge in [0.05, 0.1) is 0 Å². The van der Waals surface area contributed by atoms with Crippen molar-refractivity contribution in [1.82, 2.24) is 4.90 Å². The van der Waals surface area contributed by atoms with Gasteiger partial charge in [0.15, 0.2) is 0 Å². The van der Waals surface area contributed by atoms with E-state index in [4.69, 9.17) is 0 Å². The van der Waals surface area contributed by atoms with E-state index >= 15 is 0 Å². The van der Waals surface area contributed by atoms with Gasteiger partial charge in [0.2, 0.25) is 0 Å². The maximum Gasteiger partial charge on any atom is 0.0230 e. The largest absolute Gasteiger partial charge is 0.302 e. The highest BCUT2D eigenvalue weighted by Crippen LogP contribution is 2.15. The second kappa shape index (κ2) is 6.05. The Kier molecular flexibility index (Phi) is 5.01. The van der Waals surface area contributed by atoms with Crippen LogP contribution in [-0.4, -0.2) is 18.5 Å². The van der Waals surface area contributed by atoms with E-state index in [-0.39, 0.29) is 0 Å². The highest BCUT2D eigenvalue weighted by molar-refractivity contribution is 5.24. The summed E-state index contributed by atoms with van der Waals surface area (Å²) in [6, 6.07) is 9.02. The van der Waals surface area contributed by atoms with Crippen molar-refractivity contribution >= 4 is 0 Å². The summed E-state index contributed by atoms with van der Waals surface area (Å²) in [7, 11) is 2.19. The van der Waals surface area contributed by atoms with Gasteiger partial charge in [0, 0.05) is 13.1 Å². The third-order valence-electron chi connectivity index (χ3n) is 2.78. The first-order valence-electron chi connectivity index (χ1n) is 6.26. The summed E-state index contributed by atoms with van der Waals surface area (Å²) >= 11 is 0. The lowest BCUT2D eigenvalue weighted by Crippen LogP contribution is -2.22. The van der Waals surface area contributed by atoms with Gasteiger partial charge in [-0.25, -0.2) is 0 Å². The van der Waals surface area contributed by atoms with Gasteiger partial charge in [-0.3, -0.25) is 0 Å². The van der Waals surface area contributed by atoms with Gasteiger partial charge in [-0.1, -0.05) is 52.0 Å². The van der Waals surface area contributed by atoms with Crippen LogP contribution in [-0.2, 0) is 6.54 Å². The third-order valence-corrected chi connectivity index (χ3v) is 2.78. The Balaban J connectivity index is 2.55. The molecule has 1 aromatic carbocycles. The zero-order valence-corrected chi connectivity index (χ0v) is 11.3. The van der Waals surface area contributed by atoms with Crippen LogP contribution in [0.1, 0.15) is 44.7 Å². The Morgan fingerprint density at radius 1 is 1.00 bits per heavy atom. The summed E-state index contributed by atoms with van der Waals surface area (Å²) in [5.74, 6) is 1.36. The van der Waals surface area contributed by atoms with Crippen LogP contribution in [0.25, 0.3) is 0 Å². The van der Waals surface area contributed by atoms with Gasteiger partial charge in [0.1, 0.15) is 0 Å². The van der Waals surface area contributed by atoms with Gasteiger partial charge in [-0.05, 0) is 30.0 Å². The van der Waals surface area contributed by atoms with Crippen LogP contribution in [0.5, 0.6) is 0 Å². The van der Waals surface area contributed by atoms with E-state index < -0.39 is 0 Å². The molecule has 0 aliphatic rings. The molecule has 0 bridgehead atoms. The van der Waals surface area contributed by atoms with Crippen LogP contribution in [0, 0.1) is 5.92 Å². The second-order valence-electron chi connectivity index (χ2n) is 5.49. The first-order valence-corrected chi connectivity index (χ1v) is 6.26. The summed E-state index contributed by atoms with van der Waals surface area (Å²) in [4.78, 5) is 2.38. The Bertz CT molecular complexity index is 298. The molecule has 0 amide bonds. The number of hydrogen-bond donors (Lipinski definition) is 0. The molecule has 0 saturated heterocycles. The molecule has 0 fully saturated rings. The zero-order chi connectivity index (χ0) is 12.1. The predicted octanol–water partition coefficient (Wildman–Crippen LogP) is 3.90. The lowest BCUT2D eigenvalue weighted by molar-refractivity contribution is 0.288. The Hall–Kier alpha value is -0.820. The molecular formula is C15H25N. The molecule has 0 N–H and O–H groups in total. The average Bonchev–Trinajstić information content (AvgIpc) is 2.16. The van der Waals surface area contributed by atoms with E-state index in [0.29, 0.717) is 5.92 Å². The van der Waals surface area contributed by atoms with Crippen molar-refractivity contribution in [3.05, 3.63) is 35.4 Å². The number of hydrogen-bond acceptors (Lipinski definition) is 1. The van der Waals surface area contributed by atoms with Gasteiger partial charge in [-0.2, -0.15) is 0 Å². The Labute approximate surface area is 100 Å². The minimum Gasteiger partial charge on any atom is -0.302 e. The molecule has 0 spiro atoms. The first kappa shape index (κ1) is 13.2. The fraction of sp³-hybridized carbons (Fsp3) is 0.600. The summed E-state index contributed by atoms with van der Waals surface area (Å²) < 4.78 is 0. The van der Waals surface area contributed by atoms with Crippen LogP contribution in [0.2, 0.25) is 0 Å². The molecule has 0 aliphatic heterocycles. The maximum absolute atomic E-state index is 2.38. The number of nitrogens with zero attached hydrogens (tertiary/aromatic N) is 1. The van der Waals surface area contributed by atoms with Gasteiger partial charge < -0.3 is 4.90 Å². The van der Waals surface area contributed by atoms with Crippen LogP contribution >= 0.6 is 0 Å².